The lowest BCUT2D eigenvalue weighted by molar-refractivity contribution is -0.126. The van der Waals surface area contributed by atoms with Crippen molar-refractivity contribution in [2.75, 3.05) is 20.8 Å². The van der Waals surface area contributed by atoms with Crippen LogP contribution in [0.4, 0.5) is 0 Å². The van der Waals surface area contributed by atoms with E-state index in [4.69, 9.17) is 21.1 Å². The molecule has 2 fully saturated rings. The maximum atomic E-state index is 11.5. The number of methoxy groups -OCH3 is 2. The Morgan fingerprint density at radius 3 is 2.69 bits per heavy atom. The molecule has 0 spiro atoms. The van der Waals surface area contributed by atoms with Gasteiger partial charge in [0.25, 0.3) is 0 Å². The second kappa shape index (κ2) is 8.55. The summed E-state index contributed by atoms with van der Waals surface area (Å²) in [4.78, 5) is 2.47. The molecule has 1 N–H and O–H groups in total. The van der Waals surface area contributed by atoms with E-state index in [0.29, 0.717) is 0 Å². The van der Waals surface area contributed by atoms with Gasteiger partial charge in [-0.2, -0.15) is 0 Å². The molecule has 5 heteroatoms. The smallest absolute Gasteiger partial charge is 0.127 e. The molecule has 4 rings (SSSR count). The second-order valence-electron chi connectivity index (χ2n) is 8.32. The van der Waals surface area contributed by atoms with Gasteiger partial charge >= 0.3 is 0 Å². The van der Waals surface area contributed by atoms with Crippen LogP contribution in [0.3, 0.4) is 0 Å². The molecule has 1 aliphatic heterocycles. The van der Waals surface area contributed by atoms with Gasteiger partial charge in [0, 0.05) is 41.7 Å². The van der Waals surface area contributed by atoms with Gasteiger partial charge in [-0.1, -0.05) is 48.7 Å². The lowest BCUT2D eigenvalue weighted by Gasteiger charge is -2.53. The predicted octanol–water partition coefficient (Wildman–Crippen LogP) is 5.23. The summed E-state index contributed by atoms with van der Waals surface area (Å²) in [6.07, 6.45) is 4.96. The van der Waals surface area contributed by atoms with Gasteiger partial charge in [-0.25, -0.2) is 0 Å². The molecule has 4 nitrogen and oxygen atoms in total. The lowest BCUT2D eigenvalue weighted by Crippen LogP contribution is -2.54. The maximum absolute atomic E-state index is 11.5. The van der Waals surface area contributed by atoms with Crippen LogP contribution in [0, 0.1) is 5.92 Å². The fourth-order valence-electron chi connectivity index (χ4n) is 5.24. The summed E-state index contributed by atoms with van der Waals surface area (Å²) in [5.74, 6) is 1.76. The fourth-order valence-corrected chi connectivity index (χ4v) is 5.44. The highest BCUT2D eigenvalue weighted by molar-refractivity contribution is 6.31. The molecule has 156 valence electrons. The van der Waals surface area contributed by atoms with Gasteiger partial charge in [0.1, 0.15) is 11.5 Å². The van der Waals surface area contributed by atoms with E-state index >= 15 is 0 Å². The molecule has 1 aliphatic carbocycles. The van der Waals surface area contributed by atoms with Crippen molar-refractivity contribution in [3.8, 4) is 11.5 Å². The predicted molar refractivity (Wildman–Crippen MR) is 116 cm³/mol. The molecule has 0 aromatic heterocycles. The highest BCUT2D eigenvalue weighted by Crippen LogP contribution is 2.51. The Bertz CT molecular complexity index is 858. The van der Waals surface area contributed by atoms with Crippen LogP contribution in [0.1, 0.15) is 49.3 Å². The van der Waals surface area contributed by atoms with E-state index in [9.17, 15) is 5.11 Å². The van der Waals surface area contributed by atoms with Crippen molar-refractivity contribution in [2.24, 2.45) is 5.92 Å². The van der Waals surface area contributed by atoms with Crippen LogP contribution in [0.25, 0.3) is 0 Å². The summed E-state index contributed by atoms with van der Waals surface area (Å²) in [7, 11) is 3.37. The topological polar surface area (TPSA) is 41.9 Å². The molecule has 0 amide bonds. The van der Waals surface area contributed by atoms with Crippen LogP contribution >= 0.6 is 11.6 Å². The molecule has 0 radical (unpaired) electrons. The van der Waals surface area contributed by atoms with Crippen molar-refractivity contribution in [1.29, 1.82) is 0 Å². The minimum Gasteiger partial charge on any atom is -0.497 e. The molecule has 29 heavy (non-hydrogen) atoms. The first-order valence-electron chi connectivity index (χ1n) is 10.5. The molecule has 1 saturated carbocycles. The molecular formula is C24H30ClNO3. The van der Waals surface area contributed by atoms with Crippen LogP contribution < -0.4 is 9.47 Å². The largest absolute Gasteiger partial charge is 0.497 e. The van der Waals surface area contributed by atoms with Crippen molar-refractivity contribution in [3.05, 3.63) is 58.6 Å². The van der Waals surface area contributed by atoms with Gasteiger partial charge < -0.3 is 14.6 Å². The summed E-state index contributed by atoms with van der Waals surface area (Å²) in [6, 6.07) is 14.1. The Labute approximate surface area is 178 Å². The van der Waals surface area contributed by atoms with E-state index in [1.807, 2.05) is 30.3 Å². The Morgan fingerprint density at radius 2 is 1.93 bits per heavy atom. The maximum Gasteiger partial charge on any atom is 0.127 e. The van der Waals surface area contributed by atoms with Crippen LogP contribution in [0.15, 0.2) is 42.5 Å². The first-order chi connectivity index (χ1) is 14.1. The third-order valence-electron chi connectivity index (χ3n) is 6.76. The Balaban J connectivity index is 1.76. The second-order valence-corrected chi connectivity index (χ2v) is 8.73. The first kappa shape index (κ1) is 20.5. The average molecular weight is 416 g/mol. The molecule has 1 saturated heterocycles. The third kappa shape index (κ3) is 3.98. The highest BCUT2D eigenvalue weighted by atomic mass is 35.5. The number of rotatable bonds is 5. The van der Waals surface area contributed by atoms with Crippen molar-refractivity contribution >= 4 is 11.6 Å². The van der Waals surface area contributed by atoms with Gasteiger partial charge in [0.05, 0.1) is 19.8 Å². The Kier molecular flexibility index (Phi) is 6.05. The van der Waals surface area contributed by atoms with Crippen LogP contribution in [0.5, 0.6) is 11.5 Å². The van der Waals surface area contributed by atoms with Gasteiger partial charge in [0.15, 0.2) is 0 Å². The van der Waals surface area contributed by atoms with Gasteiger partial charge in [0.2, 0.25) is 0 Å². The standard InChI is InChI=1S/C24H30ClNO3/c1-28-18-10-11-19(22(15-18)29-2)23-20-8-5-6-12-24(20,27)13-14-26(23)16-17-7-3-4-9-21(17)25/h3-4,7,9-11,15,20,23,27H,5-6,8,12-14,16H2,1-2H3/t20-,23+,24-/m0/s1. The number of likely N-dealkylation sites (tertiary alicyclic amines) is 1. The Morgan fingerprint density at radius 1 is 1.10 bits per heavy atom. The molecule has 2 aromatic carbocycles. The van der Waals surface area contributed by atoms with Crippen molar-refractivity contribution in [3.63, 3.8) is 0 Å². The number of aliphatic hydroxyl groups is 1. The normalized spacial score (nSPS) is 27.3. The molecule has 3 atom stereocenters. The summed E-state index contributed by atoms with van der Waals surface area (Å²) in [6.45, 7) is 1.59. The van der Waals surface area contributed by atoms with Crippen molar-refractivity contribution < 1.29 is 14.6 Å². The molecule has 2 aliphatic rings. The van der Waals surface area contributed by atoms with E-state index in [0.717, 1.165) is 72.8 Å². The number of fused-ring (bicyclic) bond motifs is 1. The molecule has 0 bridgehead atoms. The van der Waals surface area contributed by atoms with Gasteiger partial charge in [-0.15, -0.1) is 0 Å². The van der Waals surface area contributed by atoms with Crippen LogP contribution in [-0.2, 0) is 6.54 Å². The minimum atomic E-state index is -0.606. The molecular weight excluding hydrogens is 386 g/mol. The quantitative estimate of drug-likeness (QED) is 0.726. The zero-order valence-electron chi connectivity index (χ0n) is 17.2. The number of piperidine rings is 1. The van der Waals surface area contributed by atoms with Gasteiger partial charge in [-0.05, 0) is 37.0 Å². The number of ether oxygens (including phenoxy) is 2. The van der Waals surface area contributed by atoms with E-state index in [-0.39, 0.29) is 12.0 Å². The SMILES string of the molecule is COc1ccc([C@@H]2[C@@H]3CCCC[C@]3(O)CCN2Cc2ccccc2Cl)c(OC)c1. The monoisotopic (exact) mass is 415 g/mol. The van der Waals surface area contributed by atoms with E-state index in [2.05, 4.69) is 17.0 Å². The van der Waals surface area contributed by atoms with Crippen LogP contribution in [-0.4, -0.2) is 36.4 Å². The zero-order valence-corrected chi connectivity index (χ0v) is 18.0. The molecule has 1 heterocycles. The summed E-state index contributed by atoms with van der Waals surface area (Å²) in [5, 5.41) is 12.3. The highest BCUT2D eigenvalue weighted by Gasteiger charge is 2.49. The summed E-state index contributed by atoms with van der Waals surface area (Å²) >= 11 is 6.48. The zero-order chi connectivity index (χ0) is 20.4. The number of halogens is 1. The van der Waals surface area contributed by atoms with E-state index in [1.54, 1.807) is 14.2 Å². The lowest BCUT2D eigenvalue weighted by atomic mass is 9.66. The van der Waals surface area contributed by atoms with Crippen LogP contribution in [0.2, 0.25) is 5.02 Å². The fraction of sp³-hybridized carbons (Fsp3) is 0.500. The first-order valence-corrected chi connectivity index (χ1v) is 10.9. The average Bonchev–Trinajstić information content (AvgIpc) is 2.75. The summed E-state index contributed by atoms with van der Waals surface area (Å²) in [5.41, 5.74) is 1.63. The van der Waals surface area contributed by atoms with Gasteiger partial charge in [-0.3, -0.25) is 4.90 Å². The molecule has 2 aromatic rings. The van der Waals surface area contributed by atoms with E-state index < -0.39 is 5.60 Å². The van der Waals surface area contributed by atoms with E-state index in [1.165, 1.54) is 0 Å². The number of hydrogen-bond donors (Lipinski definition) is 1. The molecule has 0 unspecified atom stereocenters. The number of benzene rings is 2. The van der Waals surface area contributed by atoms with Crippen molar-refractivity contribution in [2.45, 2.75) is 50.3 Å². The van der Waals surface area contributed by atoms with Crippen molar-refractivity contribution in [1.82, 2.24) is 4.90 Å². The minimum absolute atomic E-state index is 0.0752. The number of hydrogen-bond acceptors (Lipinski definition) is 4. The summed E-state index contributed by atoms with van der Waals surface area (Å²) < 4.78 is 11.2. The third-order valence-corrected chi connectivity index (χ3v) is 7.13. The Hall–Kier alpha value is -1.75. The number of nitrogens with zero attached hydrogens (tertiary/aromatic N) is 1.